The van der Waals surface area contributed by atoms with Crippen LogP contribution in [0.2, 0.25) is 15.1 Å². The number of thioether (sulfide) groups is 1. The van der Waals surface area contributed by atoms with Gasteiger partial charge >= 0.3 is 6.18 Å². The topological polar surface area (TPSA) is 93.3 Å². The number of halogens is 6. The minimum Gasteiger partial charge on any atom is -0.403 e. The van der Waals surface area contributed by atoms with Gasteiger partial charge in [0.15, 0.2) is 5.69 Å². The second-order valence-electron chi connectivity index (χ2n) is 8.59. The summed E-state index contributed by atoms with van der Waals surface area (Å²) in [6, 6.07) is 13.5. The van der Waals surface area contributed by atoms with Gasteiger partial charge in [-0.25, -0.2) is 10.8 Å². The molecule has 0 saturated heterocycles. The van der Waals surface area contributed by atoms with Gasteiger partial charge in [-0.1, -0.05) is 46.9 Å². The molecule has 0 bridgehead atoms. The third-order valence-corrected chi connectivity index (χ3v) is 8.05. The number of nitrogens with two attached hydrogens (primary N) is 2. The summed E-state index contributed by atoms with van der Waals surface area (Å²) < 4.78 is 41.8. The average Bonchev–Trinajstić information content (AvgIpc) is 3.32. The fourth-order valence-electron chi connectivity index (χ4n) is 4.17. The van der Waals surface area contributed by atoms with E-state index in [9.17, 15) is 18.3 Å². The standard InChI is InChI=1S/C27H23Cl3F3N5OS/c1-14-36-26(27(31,32)33)12-37(14)22-6-4-15(17-8-20(29)18(13-39)25(10-17)40-2)9-23(22)38(35)24(11-34)16-3-5-19(28)21(30)7-16/h3-12,39H,13,34-35H2,1-2H3/b24-11-. The van der Waals surface area contributed by atoms with Crippen LogP contribution < -0.4 is 16.6 Å². The van der Waals surface area contributed by atoms with Crippen LogP contribution in [0.5, 0.6) is 0 Å². The summed E-state index contributed by atoms with van der Waals surface area (Å²) in [6.07, 6.45) is -0.608. The van der Waals surface area contributed by atoms with E-state index in [-0.39, 0.29) is 17.5 Å². The van der Waals surface area contributed by atoms with Crippen LogP contribution in [0.15, 0.2) is 65.8 Å². The van der Waals surface area contributed by atoms with Gasteiger partial charge in [0.1, 0.15) is 5.82 Å². The van der Waals surface area contributed by atoms with E-state index >= 15 is 0 Å². The molecule has 3 aromatic carbocycles. The van der Waals surface area contributed by atoms with Crippen molar-refractivity contribution in [3.8, 4) is 16.8 Å². The Labute approximate surface area is 247 Å². The van der Waals surface area contributed by atoms with Crippen molar-refractivity contribution in [3.05, 3.63) is 98.6 Å². The van der Waals surface area contributed by atoms with Crippen LogP contribution in [0.25, 0.3) is 22.5 Å². The third kappa shape index (κ3) is 5.93. The Morgan fingerprint density at radius 1 is 1.05 bits per heavy atom. The molecule has 0 amide bonds. The number of aryl methyl sites for hydroxylation is 1. The van der Waals surface area contributed by atoms with Gasteiger partial charge in [-0.2, -0.15) is 13.2 Å². The van der Waals surface area contributed by atoms with E-state index in [2.05, 4.69) is 4.98 Å². The smallest absolute Gasteiger partial charge is 0.403 e. The van der Waals surface area contributed by atoms with E-state index in [1.54, 1.807) is 42.5 Å². The van der Waals surface area contributed by atoms with Gasteiger partial charge in [-0.05, 0) is 60.7 Å². The molecule has 40 heavy (non-hydrogen) atoms. The lowest BCUT2D eigenvalue weighted by atomic mass is 10.0. The monoisotopic (exact) mass is 627 g/mol. The van der Waals surface area contributed by atoms with Crippen molar-refractivity contribution < 1.29 is 18.3 Å². The molecule has 0 spiro atoms. The van der Waals surface area contributed by atoms with Crippen LogP contribution in [-0.2, 0) is 12.8 Å². The first-order valence-corrected chi connectivity index (χ1v) is 13.9. The van der Waals surface area contributed by atoms with E-state index in [4.69, 9.17) is 46.4 Å². The number of aromatic nitrogens is 2. The van der Waals surface area contributed by atoms with Crippen molar-refractivity contribution in [1.82, 2.24) is 9.55 Å². The Hall–Kier alpha value is -2.86. The van der Waals surface area contributed by atoms with Gasteiger partial charge in [0, 0.05) is 33.4 Å². The van der Waals surface area contributed by atoms with E-state index < -0.39 is 11.9 Å². The number of aliphatic hydroxyl groups is 1. The number of hydrazine groups is 1. The molecule has 1 heterocycles. The van der Waals surface area contributed by atoms with Gasteiger partial charge in [-0.15, -0.1) is 11.8 Å². The number of benzene rings is 3. The highest BCUT2D eigenvalue weighted by atomic mass is 35.5. The SMILES string of the molecule is CSc1cc(-c2ccc(-n3cc(C(F)(F)F)nc3C)c(N(N)/C(=C\N)c3ccc(Cl)c(Cl)c3)c2)cc(Cl)c1CO. The van der Waals surface area contributed by atoms with Crippen molar-refractivity contribution in [2.45, 2.75) is 24.6 Å². The maximum atomic E-state index is 13.5. The highest BCUT2D eigenvalue weighted by Gasteiger charge is 2.35. The first-order chi connectivity index (χ1) is 18.9. The van der Waals surface area contributed by atoms with E-state index in [1.807, 2.05) is 12.3 Å². The Kier molecular flexibility index (Phi) is 8.99. The molecule has 0 unspecified atom stereocenters. The summed E-state index contributed by atoms with van der Waals surface area (Å²) in [5.74, 6) is 6.72. The Morgan fingerprint density at radius 2 is 1.77 bits per heavy atom. The second-order valence-corrected chi connectivity index (χ2v) is 10.7. The van der Waals surface area contributed by atoms with Crippen molar-refractivity contribution in [3.63, 3.8) is 0 Å². The third-order valence-electron chi connectivity index (χ3n) is 6.17. The van der Waals surface area contributed by atoms with Gasteiger partial charge in [0.25, 0.3) is 0 Å². The van der Waals surface area contributed by atoms with Gasteiger partial charge in [0.05, 0.1) is 33.7 Å². The first-order valence-electron chi connectivity index (χ1n) is 11.6. The molecular weight excluding hydrogens is 606 g/mol. The van der Waals surface area contributed by atoms with Crippen molar-refractivity contribution >= 4 is 57.9 Å². The summed E-state index contributed by atoms with van der Waals surface area (Å²) in [6.45, 7) is 1.23. The molecule has 1 aromatic heterocycles. The number of anilines is 1. The Morgan fingerprint density at radius 3 is 2.35 bits per heavy atom. The minimum absolute atomic E-state index is 0.0996. The van der Waals surface area contributed by atoms with Crippen molar-refractivity contribution in [2.75, 3.05) is 11.3 Å². The molecule has 210 valence electrons. The van der Waals surface area contributed by atoms with Crippen LogP contribution >= 0.6 is 46.6 Å². The predicted octanol–water partition coefficient (Wildman–Crippen LogP) is 7.68. The number of alkyl halides is 3. The maximum Gasteiger partial charge on any atom is 0.434 e. The molecular formula is C27H23Cl3F3N5OS. The molecule has 0 radical (unpaired) electrons. The van der Waals surface area contributed by atoms with Crippen LogP contribution in [0.3, 0.4) is 0 Å². The average molecular weight is 629 g/mol. The van der Waals surface area contributed by atoms with E-state index in [0.29, 0.717) is 49.4 Å². The van der Waals surface area contributed by atoms with Gasteiger partial charge < -0.3 is 15.4 Å². The lowest BCUT2D eigenvalue weighted by Crippen LogP contribution is -2.31. The Bertz CT molecular complexity index is 1610. The van der Waals surface area contributed by atoms with Crippen LogP contribution in [0.1, 0.15) is 22.6 Å². The molecule has 6 nitrogen and oxygen atoms in total. The highest BCUT2D eigenvalue weighted by Crippen LogP contribution is 2.39. The summed E-state index contributed by atoms with van der Waals surface area (Å²) in [7, 11) is 0. The lowest BCUT2D eigenvalue weighted by Gasteiger charge is -2.26. The molecule has 0 aliphatic carbocycles. The Balaban J connectivity index is 1.94. The molecule has 4 aromatic rings. The van der Waals surface area contributed by atoms with Crippen LogP contribution in [0, 0.1) is 6.92 Å². The summed E-state index contributed by atoms with van der Waals surface area (Å²) in [5.41, 5.74) is 8.35. The quantitative estimate of drug-likeness (QED) is 0.110. The second kappa shape index (κ2) is 11.9. The summed E-state index contributed by atoms with van der Waals surface area (Å²) in [4.78, 5) is 4.48. The number of hydrogen-bond donors (Lipinski definition) is 3. The molecule has 13 heteroatoms. The van der Waals surface area contributed by atoms with Crippen molar-refractivity contribution in [2.24, 2.45) is 11.6 Å². The van der Waals surface area contributed by atoms with Crippen LogP contribution in [-0.4, -0.2) is 20.9 Å². The normalized spacial score (nSPS) is 12.2. The first kappa shape index (κ1) is 30.1. The predicted molar refractivity (Wildman–Crippen MR) is 157 cm³/mol. The van der Waals surface area contributed by atoms with E-state index in [1.165, 1.54) is 34.5 Å². The molecule has 5 N–H and O–H groups in total. The largest absolute Gasteiger partial charge is 0.434 e. The van der Waals surface area contributed by atoms with Gasteiger partial charge in [-0.3, -0.25) is 5.01 Å². The number of imidazole rings is 1. The minimum atomic E-state index is -4.64. The zero-order valence-corrected chi connectivity index (χ0v) is 24.2. The number of nitrogens with zero attached hydrogens (tertiary/aromatic N) is 3. The molecule has 4 rings (SSSR count). The molecule has 0 saturated carbocycles. The van der Waals surface area contributed by atoms with E-state index in [0.717, 1.165) is 11.1 Å². The molecule has 0 aliphatic heterocycles. The van der Waals surface area contributed by atoms with Crippen LogP contribution in [0.4, 0.5) is 18.9 Å². The fourth-order valence-corrected chi connectivity index (χ4v) is 5.47. The molecule has 0 atom stereocenters. The highest BCUT2D eigenvalue weighted by molar-refractivity contribution is 7.98. The summed E-state index contributed by atoms with van der Waals surface area (Å²) >= 11 is 20.2. The van der Waals surface area contributed by atoms with Gasteiger partial charge in [0.2, 0.25) is 0 Å². The molecule has 0 fully saturated rings. The zero-order valence-electron chi connectivity index (χ0n) is 21.1. The lowest BCUT2D eigenvalue weighted by molar-refractivity contribution is -0.141. The number of aliphatic hydroxyl groups excluding tert-OH is 1. The van der Waals surface area contributed by atoms with Crippen molar-refractivity contribution in [1.29, 1.82) is 0 Å². The maximum absolute atomic E-state index is 13.5. The fraction of sp³-hybridized carbons (Fsp3) is 0.148. The molecule has 0 aliphatic rings. The number of rotatable bonds is 7. The zero-order chi connectivity index (χ0) is 29.4. The summed E-state index contributed by atoms with van der Waals surface area (Å²) in [5, 5.41) is 12.0. The number of hydrogen-bond acceptors (Lipinski definition) is 6.